The summed E-state index contributed by atoms with van der Waals surface area (Å²) < 4.78 is 9.99. The molecule has 0 aliphatic heterocycles. The van der Waals surface area contributed by atoms with Crippen LogP contribution in [0.15, 0.2) is 36.4 Å². The number of carbonyl (C=O) groups excluding carboxylic acids is 2. The van der Waals surface area contributed by atoms with Crippen molar-refractivity contribution in [3.05, 3.63) is 36.4 Å². The molecule has 0 amide bonds. The van der Waals surface area contributed by atoms with E-state index >= 15 is 0 Å². The highest BCUT2D eigenvalue weighted by Gasteiger charge is 2.03. The molecule has 0 aliphatic rings. The number of fused-ring (bicyclic) bond motifs is 1. The zero-order valence-corrected chi connectivity index (χ0v) is 10.1. The van der Waals surface area contributed by atoms with Crippen molar-refractivity contribution in [2.75, 3.05) is 0 Å². The van der Waals surface area contributed by atoms with E-state index in [0.29, 0.717) is 11.5 Å². The maximum absolute atomic E-state index is 10.9. The number of carbonyl (C=O) groups is 2. The second-order valence-electron chi connectivity index (χ2n) is 3.86. The molecule has 0 saturated carbocycles. The number of hydrogen-bond donors (Lipinski definition) is 0. The Labute approximate surface area is 104 Å². The molecular formula is C14H12O4. The van der Waals surface area contributed by atoms with Crippen LogP contribution in [0.5, 0.6) is 11.5 Å². The van der Waals surface area contributed by atoms with Gasteiger partial charge in [-0.3, -0.25) is 9.59 Å². The highest BCUT2D eigenvalue weighted by atomic mass is 16.5. The second-order valence-corrected chi connectivity index (χ2v) is 3.86. The molecule has 0 N–H and O–H groups in total. The molecule has 4 heteroatoms. The lowest BCUT2D eigenvalue weighted by Crippen LogP contribution is -2.02. The Bertz CT molecular complexity index is 565. The molecule has 2 rings (SSSR count). The molecule has 18 heavy (non-hydrogen) atoms. The first-order valence-electron chi connectivity index (χ1n) is 5.45. The van der Waals surface area contributed by atoms with Gasteiger partial charge in [0.15, 0.2) is 0 Å². The number of hydrogen-bond acceptors (Lipinski definition) is 4. The van der Waals surface area contributed by atoms with Gasteiger partial charge in [0.25, 0.3) is 0 Å². The minimum absolute atomic E-state index is 0.370. The van der Waals surface area contributed by atoms with Gasteiger partial charge in [-0.25, -0.2) is 0 Å². The molecule has 92 valence electrons. The first-order valence-corrected chi connectivity index (χ1v) is 5.45. The monoisotopic (exact) mass is 244 g/mol. The van der Waals surface area contributed by atoms with E-state index < -0.39 is 0 Å². The van der Waals surface area contributed by atoms with E-state index in [1.54, 1.807) is 24.3 Å². The fourth-order valence-corrected chi connectivity index (χ4v) is 1.66. The molecule has 0 unspecified atom stereocenters. The van der Waals surface area contributed by atoms with E-state index in [-0.39, 0.29) is 11.9 Å². The highest BCUT2D eigenvalue weighted by molar-refractivity contribution is 5.86. The lowest BCUT2D eigenvalue weighted by molar-refractivity contribution is -0.132. The Balaban J connectivity index is 2.39. The third kappa shape index (κ3) is 2.85. The Hall–Kier alpha value is -2.36. The molecule has 4 nitrogen and oxygen atoms in total. The summed E-state index contributed by atoms with van der Waals surface area (Å²) in [6.07, 6.45) is 0. The van der Waals surface area contributed by atoms with Gasteiger partial charge in [0.2, 0.25) is 0 Å². The lowest BCUT2D eigenvalue weighted by Gasteiger charge is -2.05. The van der Waals surface area contributed by atoms with E-state index in [9.17, 15) is 9.59 Å². The van der Waals surface area contributed by atoms with Gasteiger partial charge >= 0.3 is 11.9 Å². The Morgan fingerprint density at radius 2 is 1.22 bits per heavy atom. The average Bonchev–Trinajstić information content (AvgIpc) is 2.26. The van der Waals surface area contributed by atoms with Crippen LogP contribution in [0, 0.1) is 0 Å². The van der Waals surface area contributed by atoms with Crippen LogP contribution in [0.4, 0.5) is 0 Å². The van der Waals surface area contributed by atoms with Crippen molar-refractivity contribution in [3.63, 3.8) is 0 Å². The number of benzene rings is 2. The molecule has 0 atom stereocenters. The zero-order chi connectivity index (χ0) is 13.1. The summed E-state index contributed by atoms with van der Waals surface area (Å²) in [5.74, 6) is 0.195. The SMILES string of the molecule is CC(=O)Oc1ccc2ccc(OC(C)=O)cc2c1. The minimum atomic E-state index is -0.370. The minimum Gasteiger partial charge on any atom is -0.427 e. The van der Waals surface area contributed by atoms with Crippen molar-refractivity contribution in [2.45, 2.75) is 13.8 Å². The average molecular weight is 244 g/mol. The van der Waals surface area contributed by atoms with E-state index in [4.69, 9.17) is 9.47 Å². The molecule has 0 fully saturated rings. The maximum atomic E-state index is 10.9. The number of rotatable bonds is 2. The van der Waals surface area contributed by atoms with E-state index in [1.165, 1.54) is 13.8 Å². The van der Waals surface area contributed by atoms with Gasteiger partial charge in [0.1, 0.15) is 11.5 Å². The van der Waals surface area contributed by atoms with Gasteiger partial charge in [-0.1, -0.05) is 12.1 Å². The third-order valence-corrected chi connectivity index (χ3v) is 2.31. The Kier molecular flexibility index (Phi) is 3.28. The second kappa shape index (κ2) is 4.87. The largest absolute Gasteiger partial charge is 0.427 e. The Morgan fingerprint density at radius 3 is 1.61 bits per heavy atom. The summed E-state index contributed by atoms with van der Waals surface area (Å²) in [7, 11) is 0. The lowest BCUT2D eigenvalue weighted by atomic mass is 10.1. The van der Waals surface area contributed by atoms with Crippen LogP contribution in [0.2, 0.25) is 0 Å². The fraction of sp³-hybridized carbons (Fsp3) is 0.143. The molecule has 0 radical (unpaired) electrons. The van der Waals surface area contributed by atoms with Gasteiger partial charge in [0.05, 0.1) is 0 Å². The fourth-order valence-electron chi connectivity index (χ4n) is 1.66. The van der Waals surface area contributed by atoms with Gasteiger partial charge < -0.3 is 9.47 Å². The van der Waals surface area contributed by atoms with Gasteiger partial charge in [-0.2, -0.15) is 0 Å². The Morgan fingerprint density at radius 1 is 0.778 bits per heavy atom. The smallest absolute Gasteiger partial charge is 0.308 e. The number of ether oxygens (including phenoxy) is 2. The third-order valence-electron chi connectivity index (χ3n) is 2.31. The topological polar surface area (TPSA) is 52.6 Å². The molecular weight excluding hydrogens is 232 g/mol. The van der Waals surface area contributed by atoms with Crippen molar-refractivity contribution in [1.82, 2.24) is 0 Å². The molecule has 0 spiro atoms. The van der Waals surface area contributed by atoms with Crippen LogP contribution in [0.1, 0.15) is 13.8 Å². The normalized spacial score (nSPS) is 10.1. The summed E-state index contributed by atoms with van der Waals surface area (Å²) >= 11 is 0. The van der Waals surface area contributed by atoms with Crippen LogP contribution in [-0.4, -0.2) is 11.9 Å². The van der Waals surface area contributed by atoms with E-state index in [2.05, 4.69) is 0 Å². The summed E-state index contributed by atoms with van der Waals surface area (Å²) in [5.41, 5.74) is 0. The summed E-state index contributed by atoms with van der Waals surface area (Å²) in [5, 5.41) is 1.81. The molecule has 0 saturated heterocycles. The summed E-state index contributed by atoms with van der Waals surface area (Å²) in [4.78, 5) is 21.7. The summed E-state index contributed by atoms with van der Waals surface area (Å²) in [6, 6.07) is 10.6. The van der Waals surface area contributed by atoms with Crippen LogP contribution in [0.25, 0.3) is 10.8 Å². The van der Waals surface area contributed by atoms with Crippen molar-refractivity contribution in [1.29, 1.82) is 0 Å². The number of esters is 2. The molecule has 0 aromatic heterocycles. The van der Waals surface area contributed by atoms with Crippen LogP contribution in [-0.2, 0) is 9.59 Å². The molecule has 0 aliphatic carbocycles. The van der Waals surface area contributed by atoms with Gasteiger partial charge in [-0.15, -0.1) is 0 Å². The van der Waals surface area contributed by atoms with Crippen LogP contribution >= 0.6 is 0 Å². The highest BCUT2D eigenvalue weighted by Crippen LogP contribution is 2.25. The predicted molar refractivity (Wildman–Crippen MR) is 66.6 cm³/mol. The van der Waals surface area contributed by atoms with Crippen molar-refractivity contribution >= 4 is 22.7 Å². The van der Waals surface area contributed by atoms with Crippen molar-refractivity contribution in [3.8, 4) is 11.5 Å². The quantitative estimate of drug-likeness (QED) is 0.602. The molecule has 2 aromatic rings. The van der Waals surface area contributed by atoms with Gasteiger partial charge in [0, 0.05) is 13.8 Å². The van der Waals surface area contributed by atoms with E-state index in [0.717, 1.165) is 10.8 Å². The van der Waals surface area contributed by atoms with Crippen molar-refractivity contribution < 1.29 is 19.1 Å². The molecule has 0 bridgehead atoms. The van der Waals surface area contributed by atoms with Crippen LogP contribution < -0.4 is 9.47 Å². The van der Waals surface area contributed by atoms with Gasteiger partial charge in [-0.05, 0) is 35.0 Å². The first kappa shape index (κ1) is 12.1. The van der Waals surface area contributed by atoms with Crippen molar-refractivity contribution in [2.24, 2.45) is 0 Å². The first-order chi connectivity index (χ1) is 8.54. The van der Waals surface area contributed by atoms with E-state index in [1.807, 2.05) is 12.1 Å². The standard InChI is InChI=1S/C14H12O4/c1-9(15)17-13-5-3-11-4-6-14(18-10(2)16)8-12(11)7-13/h3-8H,1-2H3. The maximum Gasteiger partial charge on any atom is 0.308 e. The van der Waals surface area contributed by atoms with Crippen LogP contribution in [0.3, 0.4) is 0 Å². The summed E-state index contributed by atoms with van der Waals surface area (Å²) in [6.45, 7) is 2.69. The zero-order valence-electron chi connectivity index (χ0n) is 10.1. The molecule has 2 aromatic carbocycles. The molecule has 0 heterocycles. The predicted octanol–water partition coefficient (Wildman–Crippen LogP) is 2.69.